The van der Waals surface area contributed by atoms with Gasteiger partial charge in [0, 0.05) is 12.2 Å². The van der Waals surface area contributed by atoms with Gasteiger partial charge in [-0.05, 0) is 18.1 Å². The van der Waals surface area contributed by atoms with E-state index in [1.54, 1.807) is 0 Å². The molecule has 0 saturated carbocycles. The van der Waals surface area contributed by atoms with Gasteiger partial charge >= 0.3 is 0 Å². The predicted molar refractivity (Wildman–Crippen MR) is 62.3 cm³/mol. The van der Waals surface area contributed by atoms with Crippen molar-refractivity contribution in [1.82, 2.24) is 0 Å². The summed E-state index contributed by atoms with van der Waals surface area (Å²) in [6, 6.07) is 7.82. The third-order valence-electron chi connectivity index (χ3n) is 2.10. The van der Waals surface area contributed by atoms with Crippen LogP contribution in [-0.2, 0) is 16.4 Å². The number of benzene rings is 1. The highest BCUT2D eigenvalue weighted by Gasteiger charge is 2.03. The molecule has 84 valence electrons. The smallest absolute Gasteiger partial charge is 0.210 e. The summed E-state index contributed by atoms with van der Waals surface area (Å²) in [4.78, 5) is 0. The van der Waals surface area contributed by atoms with E-state index in [1.165, 1.54) is 5.56 Å². The summed E-state index contributed by atoms with van der Waals surface area (Å²) < 4.78 is 21.4. The quantitative estimate of drug-likeness (QED) is 0.788. The van der Waals surface area contributed by atoms with Crippen LogP contribution < -0.4 is 10.5 Å². The van der Waals surface area contributed by atoms with Crippen molar-refractivity contribution < 1.29 is 8.42 Å². The number of para-hydroxylation sites is 1. The predicted octanol–water partition coefficient (Wildman–Crippen LogP) is 0.949. The number of hydrogen-bond acceptors (Lipinski definition) is 3. The molecule has 1 aromatic rings. The van der Waals surface area contributed by atoms with Crippen molar-refractivity contribution in [3.05, 3.63) is 29.8 Å². The van der Waals surface area contributed by atoms with Crippen molar-refractivity contribution in [2.75, 3.05) is 17.6 Å². The largest absolute Gasteiger partial charge is 0.384 e. The van der Waals surface area contributed by atoms with E-state index in [4.69, 9.17) is 5.14 Å². The van der Waals surface area contributed by atoms with Gasteiger partial charge in [-0.2, -0.15) is 0 Å². The van der Waals surface area contributed by atoms with E-state index in [0.29, 0.717) is 6.54 Å². The Morgan fingerprint density at radius 3 is 2.60 bits per heavy atom. The van der Waals surface area contributed by atoms with Gasteiger partial charge in [-0.15, -0.1) is 0 Å². The van der Waals surface area contributed by atoms with Gasteiger partial charge in [-0.1, -0.05) is 25.1 Å². The Bertz CT molecular complexity index is 415. The molecule has 0 radical (unpaired) electrons. The third kappa shape index (κ3) is 4.31. The van der Waals surface area contributed by atoms with Crippen molar-refractivity contribution in [1.29, 1.82) is 0 Å². The highest BCUT2D eigenvalue weighted by Crippen LogP contribution is 2.14. The van der Waals surface area contributed by atoms with E-state index in [1.807, 2.05) is 24.3 Å². The zero-order chi connectivity index (χ0) is 11.3. The molecule has 15 heavy (non-hydrogen) atoms. The zero-order valence-electron chi connectivity index (χ0n) is 8.73. The maximum atomic E-state index is 10.7. The van der Waals surface area contributed by atoms with Gasteiger partial charge in [0.05, 0.1) is 5.75 Å². The summed E-state index contributed by atoms with van der Waals surface area (Å²) >= 11 is 0. The maximum Gasteiger partial charge on any atom is 0.210 e. The van der Waals surface area contributed by atoms with Crippen molar-refractivity contribution in [2.24, 2.45) is 5.14 Å². The van der Waals surface area contributed by atoms with Crippen molar-refractivity contribution in [3.63, 3.8) is 0 Å². The van der Waals surface area contributed by atoms with Crippen LogP contribution in [0, 0.1) is 0 Å². The third-order valence-corrected chi connectivity index (χ3v) is 2.87. The lowest BCUT2D eigenvalue weighted by Gasteiger charge is -2.09. The Morgan fingerprint density at radius 1 is 1.33 bits per heavy atom. The molecular formula is C10H16N2O2S. The fraction of sp³-hybridized carbons (Fsp3) is 0.400. The molecule has 0 heterocycles. The van der Waals surface area contributed by atoms with E-state index < -0.39 is 10.0 Å². The second kappa shape index (κ2) is 5.14. The van der Waals surface area contributed by atoms with Crippen LogP contribution in [0.5, 0.6) is 0 Å². The molecule has 0 aliphatic carbocycles. The first kappa shape index (κ1) is 12.0. The molecule has 0 aliphatic heterocycles. The van der Waals surface area contributed by atoms with Crippen molar-refractivity contribution in [3.8, 4) is 0 Å². The molecule has 0 spiro atoms. The standard InChI is InChI=1S/C10H16N2O2S/c1-2-9-5-3-4-6-10(9)12-7-8-15(11,13)14/h3-6,12H,2,7-8H2,1H3,(H2,11,13,14). The molecule has 5 heteroatoms. The summed E-state index contributed by atoms with van der Waals surface area (Å²) in [6.45, 7) is 2.40. The number of nitrogens with two attached hydrogens (primary N) is 1. The first-order valence-corrected chi connectivity index (χ1v) is 6.56. The summed E-state index contributed by atoms with van der Waals surface area (Å²) in [7, 11) is -3.38. The summed E-state index contributed by atoms with van der Waals surface area (Å²) in [6.07, 6.45) is 0.915. The van der Waals surface area contributed by atoms with Crippen molar-refractivity contribution >= 4 is 15.7 Å². The lowest BCUT2D eigenvalue weighted by molar-refractivity contribution is 0.598. The summed E-state index contributed by atoms with van der Waals surface area (Å²) in [5.74, 6) is -0.0505. The Morgan fingerprint density at radius 2 is 2.00 bits per heavy atom. The molecule has 0 amide bonds. The number of nitrogens with one attached hydrogen (secondary N) is 1. The molecule has 0 saturated heterocycles. The van der Waals surface area contributed by atoms with Crippen LogP contribution in [0.3, 0.4) is 0 Å². The van der Waals surface area contributed by atoms with Crippen LogP contribution in [0.15, 0.2) is 24.3 Å². The molecule has 4 nitrogen and oxygen atoms in total. The SMILES string of the molecule is CCc1ccccc1NCCS(N)(=O)=O. The van der Waals surface area contributed by atoms with Gasteiger partial charge in [-0.25, -0.2) is 13.6 Å². The van der Waals surface area contributed by atoms with Crippen LogP contribution >= 0.6 is 0 Å². The number of aryl methyl sites for hydroxylation is 1. The molecule has 3 N–H and O–H groups in total. The summed E-state index contributed by atoms with van der Waals surface area (Å²) in [5, 5.41) is 7.96. The maximum absolute atomic E-state index is 10.7. The Labute approximate surface area is 90.5 Å². The van der Waals surface area contributed by atoms with Gasteiger partial charge < -0.3 is 5.32 Å². The number of rotatable bonds is 5. The van der Waals surface area contributed by atoms with Crippen LogP contribution in [0.25, 0.3) is 0 Å². The Kier molecular flexibility index (Phi) is 4.11. The molecule has 0 fully saturated rings. The fourth-order valence-electron chi connectivity index (χ4n) is 1.33. The topological polar surface area (TPSA) is 72.2 Å². The first-order chi connectivity index (χ1) is 7.03. The van der Waals surface area contributed by atoms with Gasteiger partial charge in [-0.3, -0.25) is 0 Å². The number of primary sulfonamides is 1. The Balaban J connectivity index is 2.58. The second-order valence-electron chi connectivity index (χ2n) is 3.30. The van der Waals surface area contributed by atoms with Crippen LogP contribution in [-0.4, -0.2) is 20.7 Å². The lowest BCUT2D eigenvalue weighted by atomic mass is 10.1. The number of hydrogen-bond donors (Lipinski definition) is 2. The van der Waals surface area contributed by atoms with Gasteiger partial charge in [0.2, 0.25) is 10.0 Å². The molecular weight excluding hydrogens is 212 g/mol. The molecule has 0 bridgehead atoms. The molecule has 0 atom stereocenters. The lowest BCUT2D eigenvalue weighted by Crippen LogP contribution is -2.22. The molecule has 1 rings (SSSR count). The molecule has 0 unspecified atom stereocenters. The van der Waals surface area contributed by atoms with E-state index in [9.17, 15) is 8.42 Å². The van der Waals surface area contributed by atoms with E-state index in [0.717, 1.165) is 12.1 Å². The van der Waals surface area contributed by atoms with E-state index in [-0.39, 0.29) is 5.75 Å². The highest BCUT2D eigenvalue weighted by atomic mass is 32.2. The summed E-state index contributed by atoms with van der Waals surface area (Å²) in [5.41, 5.74) is 2.15. The zero-order valence-corrected chi connectivity index (χ0v) is 9.55. The highest BCUT2D eigenvalue weighted by molar-refractivity contribution is 7.89. The minimum absolute atomic E-state index is 0.0505. The average Bonchev–Trinajstić information content (AvgIpc) is 2.16. The molecule has 0 aromatic heterocycles. The van der Waals surface area contributed by atoms with Gasteiger partial charge in [0.25, 0.3) is 0 Å². The van der Waals surface area contributed by atoms with Crippen LogP contribution in [0.2, 0.25) is 0 Å². The minimum Gasteiger partial charge on any atom is -0.384 e. The van der Waals surface area contributed by atoms with Gasteiger partial charge in [0.15, 0.2) is 0 Å². The monoisotopic (exact) mass is 228 g/mol. The number of anilines is 1. The van der Waals surface area contributed by atoms with Crippen molar-refractivity contribution in [2.45, 2.75) is 13.3 Å². The first-order valence-electron chi connectivity index (χ1n) is 4.85. The van der Waals surface area contributed by atoms with E-state index >= 15 is 0 Å². The second-order valence-corrected chi connectivity index (χ2v) is 5.04. The fourth-order valence-corrected chi connectivity index (χ4v) is 1.72. The normalized spacial score (nSPS) is 11.3. The van der Waals surface area contributed by atoms with Crippen LogP contribution in [0.1, 0.15) is 12.5 Å². The van der Waals surface area contributed by atoms with Gasteiger partial charge in [0.1, 0.15) is 0 Å². The molecule has 0 aliphatic rings. The Hall–Kier alpha value is -1.07. The van der Waals surface area contributed by atoms with E-state index in [2.05, 4.69) is 12.2 Å². The average molecular weight is 228 g/mol. The number of sulfonamides is 1. The van der Waals surface area contributed by atoms with Crippen LogP contribution in [0.4, 0.5) is 5.69 Å². The minimum atomic E-state index is -3.38. The molecule has 1 aromatic carbocycles.